The lowest BCUT2D eigenvalue weighted by molar-refractivity contribution is -0.137. The maximum atomic E-state index is 12.6. The number of alkyl halides is 3. The Balaban J connectivity index is 2.70. The van der Waals surface area contributed by atoms with Gasteiger partial charge in [0.15, 0.2) is 0 Å². The molecular formula is C13H11BrF3NOS. The Labute approximate surface area is 127 Å². The van der Waals surface area contributed by atoms with Gasteiger partial charge in [0.25, 0.3) is 5.91 Å². The first-order chi connectivity index (χ1) is 9.36. The maximum absolute atomic E-state index is 12.6. The van der Waals surface area contributed by atoms with E-state index in [0.717, 1.165) is 12.1 Å². The van der Waals surface area contributed by atoms with E-state index in [0.29, 0.717) is 22.5 Å². The van der Waals surface area contributed by atoms with Gasteiger partial charge in [-0.3, -0.25) is 4.79 Å². The van der Waals surface area contributed by atoms with Crippen LogP contribution in [0, 0.1) is 12.3 Å². The Morgan fingerprint density at radius 2 is 2.15 bits per heavy atom. The lowest BCUT2D eigenvalue weighted by Crippen LogP contribution is -2.26. The van der Waals surface area contributed by atoms with E-state index in [1.54, 1.807) is 0 Å². The third-order valence-corrected chi connectivity index (χ3v) is 3.81. The molecule has 1 aromatic carbocycles. The summed E-state index contributed by atoms with van der Waals surface area (Å²) in [6.45, 7) is 0.341. The van der Waals surface area contributed by atoms with Crippen LogP contribution in [0.2, 0.25) is 0 Å². The predicted octanol–water partition coefficient (Wildman–Crippen LogP) is 3.56. The maximum Gasteiger partial charge on any atom is 0.416 e. The second-order valence-electron chi connectivity index (χ2n) is 3.70. The van der Waals surface area contributed by atoms with Gasteiger partial charge < -0.3 is 5.32 Å². The molecule has 0 radical (unpaired) electrons. The molecule has 1 N–H and O–H groups in total. The van der Waals surface area contributed by atoms with E-state index in [4.69, 9.17) is 6.42 Å². The Hall–Kier alpha value is -1.13. The summed E-state index contributed by atoms with van der Waals surface area (Å²) >= 11 is 4.53. The highest BCUT2D eigenvalue weighted by molar-refractivity contribution is 9.10. The molecule has 1 aromatic rings. The van der Waals surface area contributed by atoms with E-state index in [2.05, 4.69) is 27.2 Å². The molecule has 108 valence electrons. The first-order valence-corrected chi connectivity index (χ1v) is 7.47. The standard InChI is InChI=1S/C13H11BrF3NOS/c1-2-6-20-7-5-18-12(19)10-8-9(13(15,16)17)3-4-11(10)14/h1,3-4,8H,5-7H2,(H,18,19). The molecule has 0 bridgehead atoms. The predicted molar refractivity (Wildman–Crippen MR) is 77.6 cm³/mol. The number of thioether (sulfide) groups is 1. The van der Waals surface area contributed by atoms with Gasteiger partial charge in [0, 0.05) is 16.8 Å². The first-order valence-electron chi connectivity index (χ1n) is 5.52. The molecule has 2 nitrogen and oxygen atoms in total. The number of nitrogens with one attached hydrogen (secondary N) is 1. The lowest BCUT2D eigenvalue weighted by atomic mass is 10.1. The van der Waals surface area contributed by atoms with Crippen molar-refractivity contribution < 1.29 is 18.0 Å². The zero-order valence-corrected chi connectivity index (χ0v) is 12.7. The number of halogens is 4. The fraction of sp³-hybridized carbons (Fsp3) is 0.308. The highest BCUT2D eigenvalue weighted by Gasteiger charge is 2.31. The number of benzene rings is 1. The van der Waals surface area contributed by atoms with E-state index in [1.807, 2.05) is 0 Å². The van der Waals surface area contributed by atoms with Crippen molar-refractivity contribution >= 4 is 33.6 Å². The van der Waals surface area contributed by atoms with Gasteiger partial charge in [-0.15, -0.1) is 18.2 Å². The zero-order valence-electron chi connectivity index (χ0n) is 10.3. The number of carbonyl (C=O) groups is 1. The van der Waals surface area contributed by atoms with Crippen molar-refractivity contribution in [2.24, 2.45) is 0 Å². The van der Waals surface area contributed by atoms with E-state index in [-0.39, 0.29) is 5.56 Å². The summed E-state index contributed by atoms with van der Waals surface area (Å²) in [7, 11) is 0. The Morgan fingerprint density at radius 1 is 1.45 bits per heavy atom. The SMILES string of the molecule is C#CCSCCNC(=O)c1cc(C(F)(F)F)ccc1Br. The topological polar surface area (TPSA) is 29.1 Å². The summed E-state index contributed by atoms with van der Waals surface area (Å²) in [5, 5.41) is 2.55. The van der Waals surface area contributed by atoms with Gasteiger partial charge in [-0.05, 0) is 34.1 Å². The fourth-order valence-electron chi connectivity index (χ4n) is 1.34. The highest BCUT2D eigenvalue weighted by Crippen LogP contribution is 2.31. The smallest absolute Gasteiger partial charge is 0.351 e. The van der Waals surface area contributed by atoms with Gasteiger partial charge in [0.1, 0.15) is 0 Å². The summed E-state index contributed by atoms with van der Waals surface area (Å²) in [6, 6.07) is 2.96. The van der Waals surface area contributed by atoms with Gasteiger partial charge in [0.2, 0.25) is 0 Å². The van der Waals surface area contributed by atoms with Crippen LogP contribution in [0.25, 0.3) is 0 Å². The Bertz CT molecular complexity index is 525. The second kappa shape index (κ2) is 7.60. The normalized spacial score (nSPS) is 10.9. The molecule has 0 unspecified atom stereocenters. The van der Waals surface area contributed by atoms with E-state index in [9.17, 15) is 18.0 Å². The number of terminal acetylenes is 1. The summed E-state index contributed by atoms with van der Waals surface area (Å²) in [5.41, 5.74) is -0.894. The van der Waals surface area contributed by atoms with Crippen LogP contribution in [0.15, 0.2) is 22.7 Å². The van der Waals surface area contributed by atoms with Crippen molar-refractivity contribution in [3.8, 4) is 12.3 Å². The summed E-state index contributed by atoms with van der Waals surface area (Å²) < 4.78 is 38.1. The quantitative estimate of drug-likeness (QED) is 0.638. The monoisotopic (exact) mass is 365 g/mol. The average molecular weight is 366 g/mol. The van der Waals surface area contributed by atoms with E-state index >= 15 is 0 Å². The molecule has 0 saturated carbocycles. The Kier molecular flexibility index (Phi) is 6.43. The molecule has 0 fully saturated rings. The number of hydrogen-bond acceptors (Lipinski definition) is 2. The van der Waals surface area contributed by atoms with Crippen LogP contribution in [0.1, 0.15) is 15.9 Å². The molecule has 1 amide bonds. The minimum Gasteiger partial charge on any atom is -0.351 e. The molecule has 1 rings (SSSR count). The molecular weight excluding hydrogens is 355 g/mol. The van der Waals surface area contributed by atoms with Gasteiger partial charge >= 0.3 is 6.18 Å². The molecule has 0 aliphatic rings. The van der Waals surface area contributed by atoms with Gasteiger partial charge in [-0.1, -0.05) is 5.92 Å². The molecule has 0 heterocycles. The number of amides is 1. The van der Waals surface area contributed by atoms with Crippen LogP contribution in [0.5, 0.6) is 0 Å². The van der Waals surface area contributed by atoms with Crippen LogP contribution >= 0.6 is 27.7 Å². The number of hydrogen-bond donors (Lipinski definition) is 1. The summed E-state index contributed by atoms with van der Waals surface area (Å²) in [5.74, 6) is 3.02. The summed E-state index contributed by atoms with van der Waals surface area (Å²) in [6.07, 6.45) is 0.594. The van der Waals surface area contributed by atoms with Crippen molar-refractivity contribution in [3.05, 3.63) is 33.8 Å². The van der Waals surface area contributed by atoms with Crippen molar-refractivity contribution in [1.29, 1.82) is 0 Å². The van der Waals surface area contributed by atoms with Crippen LogP contribution in [0.4, 0.5) is 13.2 Å². The minimum absolute atomic E-state index is 0.0400. The molecule has 0 aliphatic heterocycles. The fourth-order valence-corrected chi connectivity index (χ4v) is 2.27. The van der Waals surface area contributed by atoms with Crippen LogP contribution in [0.3, 0.4) is 0 Å². The lowest BCUT2D eigenvalue weighted by Gasteiger charge is -2.11. The number of rotatable bonds is 5. The van der Waals surface area contributed by atoms with Crippen molar-refractivity contribution in [2.75, 3.05) is 18.1 Å². The van der Waals surface area contributed by atoms with Crippen LogP contribution in [-0.2, 0) is 6.18 Å². The van der Waals surface area contributed by atoms with Gasteiger partial charge in [0.05, 0.1) is 16.9 Å². The minimum atomic E-state index is -4.47. The molecule has 0 aromatic heterocycles. The average Bonchev–Trinajstić information content (AvgIpc) is 2.37. The van der Waals surface area contributed by atoms with Crippen molar-refractivity contribution in [2.45, 2.75) is 6.18 Å². The summed E-state index contributed by atoms with van der Waals surface area (Å²) in [4.78, 5) is 11.8. The molecule has 0 spiro atoms. The molecule has 0 atom stereocenters. The van der Waals surface area contributed by atoms with E-state index < -0.39 is 17.6 Å². The first kappa shape index (κ1) is 16.9. The molecule has 0 saturated heterocycles. The molecule has 7 heteroatoms. The van der Waals surface area contributed by atoms with Crippen LogP contribution < -0.4 is 5.32 Å². The van der Waals surface area contributed by atoms with Crippen molar-refractivity contribution in [1.82, 2.24) is 5.32 Å². The van der Waals surface area contributed by atoms with Gasteiger partial charge in [-0.2, -0.15) is 13.2 Å². The highest BCUT2D eigenvalue weighted by atomic mass is 79.9. The third kappa shape index (κ3) is 5.10. The Morgan fingerprint density at radius 3 is 2.75 bits per heavy atom. The number of carbonyl (C=O) groups excluding carboxylic acids is 1. The van der Waals surface area contributed by atoms with Crippen molar-refractivity contribution in [3.63, 3.8) is 0 Å². The van der Waals surface area contributed by atoms with E-state index in [1.165, 1.54) is 17.8 Å². The molecule has 20 heavy (non-hydrogen) atoms. The van der Waals surface area contributed by atoms with Gasteiger partial charge in [-0.25, -0.2) is 0 Å². The third-order valence-electron chi connectivity index (χ3n) is 2.26. The second-order valence-corrected chi connectivity index (χ2v) is 5.66. The zero-order chi connectivity index (χ0) is 15.2. The largest absolute Gasteiger partial charge is 0.416 e. The van der Waals surface area contributed by atoms with Crippen LogP contribution in [-0.4, -0.2) is 24.0 Å². The molecule has 0 aliphatic carbocycles.